The zero-order valence-electron chi connectivity index (χ0n) is 18.4. The van der Waals surface area contributed by atoms with E-state index < -0.39 is 21.5 Å². The van der Waals surface area contributed by atoms with Gasteiger partial charge in [-0.3, -0.25) is 9.59 Å². The maximum absolute atomic E-state index is 13.0. The van der Waals surface area contributed by atoms with Gasteiger partial charge >= 0.3 is 0 Å². The first kappa shape index (κ1) is 23.0. The van der Waals surface area contributed by atoms with Gasteiger partial charge in [-0.15, -0.1) is 0 Å². The van der Waals surface area contributed by atoms with E-state index in [1.54, 1.807) is 37.3 Å². The Kier molecular flexibility index (Phi) is 6.52. The number of anilines is 1. The number of carbonyl (C=O) groups excluding carboxylic acids is 2. The summed E-state index contributed by atoms with van der Waals surface area (Å²) in [7, 11) is -3.64. The zero-order valence-corrected chi connectivity index (χ0v) is 19.2. The van der Waals surface area contributed by atoms with Gasteiger partial charge in [0.05, 0.1) is 16.1 Å². The highest BCUT2D eigenvalue weighted by Gasteiger charge is 2.28. The molecule has 0 spiro atoms. The van der Waals surface area contributed by atoms with Crippen LogP contribution in [-0.2, 0) is 10.0 Å². The second kappa shape index (κ2) is 8.80. The van der Waals surface area contributed by atoms with Crippen molar-refractivity contribution in [2.75, 3.05) is 18.4 Å². The number of benzene rings is 2. The second-order valence-electron chi connectivity index (χ2n) is 8.79. The normalized spacial score (nSPS) is 15.0. The van der Waals surface area contributed by atoms with Crippen molar-refractivity contribution in [1.82, 2.24) is 9.62 Å². The lowest BCUT2D eigenvalue weighted by Gasteiger charge is -2.21. The topological polar surface area (TPSA) is 95.6 Å². The molecule has 2 aromatic rings. The summed E-state index contributed by atoms with van der Waals surface area (Å²) in [5.41, 5.74) is 1.18. The van der Waals surface area contributed by atoms with Crippen molar-refractivity contribution in [3.63, 3.8) is 0 Å². The molecule has 166 valence electrons. The van der Waals surface area contributed by atoms with Crippen molar-refractivity contribution in [1.29, 1.82) is 0 Å². The Balaban J connectivity index is 1.89. The summed E-state index contributed by atoms with van der Waals surface area (Å²) in [6.45, 7) is 8.37. The van der Waals surface area contributed by atoms with E-state index in [4.69, 9.17) is 0 Å². The van der Waals surface area contributed by atoms with Gasteiger partial charge in [-0.1, -0.05) is 18.2 Å². The number of amides is 2. The summed E-state index contributed by atoms with van der Waals surface area (Å²) in [5.74, 6) is -0.766. The number of nitrogens with zero attached hydrogens (tertiary/aromatic N) is 1. The van der Waals surface area contributed by atoms with Crippen molar-refractivity contribution in [3.8, 4) is 0 Å². The summed E-state index contributed by atoms with van der Waals surface area (Å²) in [5, 5.41) is 5.66. The summed E-state index contributed by atoms with van der Waals surface area (Å²) in [4.78, 5) is 25.8. The van der Waals surface area contributed by atoms with Gasteiger partial charge in [0.15, 0.2) is 0 Å². The summed E-state index contributed by atoms with van der Waals surface area (Å²) < 4.78 is 27.2. The van der Waals surface area contributed by atoms with Gasteiger partial charge < -0.3 is 10.6 Å². The van der Waals surface area contributed by atoms with Gasteiger partial charge in [-0.05, 0) is 70.4 Å². The lowest BCUT2D eigenvalue weighted by atomic mass is 10.1. The molecule has 8 heteroatoms. The molecule has 1 fully saturated rings. The first-order valence-corrected chi connectivity index (χ1v) is 11.8. The number of hydrogen-bond donors (Lipinski definition) is 2. The minimum Gasteiger partial charge on any atom is -0.347 e. The number of rotatable bonds is 5. The Morgan fingerprint density at radius 2 is 1.58 bits per heavy atom. The summed E-state index contributed by atoms with van der Waals surface area (Å²) in [6.07, 6.45) is 1.68. The van der Waals surface area contributed by atoms with Crippen LogP contribution >= 0.6 is 0 Å². The van der Waals surface area contributed by atoms with E-state index in [0.29, 0.717) is 29.9 Å². The minimum atomic E-state index is -3.64. The molecule has 1 saturated heterocycles. The fourth-order valence-corrected chi connectivity index (χ4v) is 5.02. The highest BCUT2D eigenvalue weighted by Crippen LogP contribution is 2.24. The zero-order chi connectivity index (χ0) is 22.8. The van der Waals surface area contributed by atoms with Crippen molar-refractivity contribution in [3.05, 3.63) is 59.2 Å². The number of sulfonamides is 1. The van der Waals surface area contributed by atoms with E-state index in [-0.39, 0.29) is 16.4 Å². The molecule has 7 nitrogen and oxygen atoms in total. The SMILES string of the molecule is Cc1ccc(S(=O)(=O)N2CCCC2)cc1C(=O)Nc1ccccc1C(=O)NC(C)(C)C. The van der Waals surface area contributed by atoms with Crippen molar-refractivity contribution in [2.24, 2.45) is 0 Å². The van der Waals surface area contributed by atoms with Crippen molar-refractivity contribution < 1.29 is 18.0 Å². The van der Waals surface area contributed by atoms with Crippen LogP contribution in [0.2, 0.25) is 0 Å². The van der Waals surface area contributed by atoms with Crippen molar-refractivity contribution >= 4 is 27.5 Å². The highest BCUT2D eigenvalue weighted by molar-refractivity contribution is 7.89. The second-order valence-corrected chi connectivity index (χ2v) is 10.7. The molecule has 0 saturated carbocycles. The summed E-state index contributed by atoms with van der Waals surface area (Å²) >= 11 is 0. The Labute approximate surface area is 183 Å². The average molecular weight is 444 g/mol. The average Bonchev–Trinajstić information content (AvgIpc) is 3.23. The van der Waals surface area contributed by atoms with Gasteiger partial charge in [0.25, 0.3) is 11.8 Å². The molecule has 0 radical (unpaired) electrons. The van der Waals surface area contributed by atoms with Crippen LogP contribution in [0, 0.1) is 6.92 Å². The standard InChI is InChI=1S/C23H29N3O4S/c1-16-11-12-17(31(29,30)26-13-7-8-14-26)15-19(16)21(27)24-20-10-6-5-9-18(20)22(28)25-23(2,3)4/h5-6,9-12,15H,7-8,13-14H2,1-4H3,(H,24,27)(H,25,28). The predicted molar refractivity (Wildman–Crippen MR) is 121 cm³/mol. The number of hydrogen-bond acceptors (Lipinski definition) is 4. The molecule has 1 heterocycles. The molecule has 3 rings (SSSR count). The number of aryl methyl sites for hydroxylation is 1. The van der Waals surface area contributed by atoms with Crippen molar-refractivity contribution in [2.45, 2.75) is 51.0 Å². The highest BCUT2D eigenvalue weighted by atomic mass is 32.2. The van der Waals surface area contributed by atoms with Gasteiger partial charge in [-0.25, -0.2) is 8.42 Å². The third-order valence-corrected chi connectivity index (χ3v) is 6.96. The van der Waals surface area contributed by atoms with Gasteiger partial charge in [0.1, 0.15) is 0 Å². The quantitative estimate of drug-likeness (QED) is 0.739. The maximum atomic E-state index is 13.0. The molecule has 2 amide bonds. The molecule has 0 atom stereocenters. The van der Waals surface area contributed by atoms with E-state index in [1.807, 2.05) is 20.8 Å². The molecule has 0 bridgehead atoms. The predicted octanol–water partition coefficient (Wildman–Crippen LogP) is 3.56. The molecule has 1 aliphatic heterocycles. The van der Waals surface area contributed by atoms with E-state index in [0.717, 1.165) is 12.8 Å². The fourth-order valence-electron chi connectivity index (χ4n) is 3.47. The van der Waals surface area contributed by atoms with Crippen LogP contribution in [0.15, 0.2) is 47.4 Å². The van der Waals surface area contributed by atoms with Crippen LogP contribution < -0.4 is 10.6 Å². The monoisotopic (exact) mass is 443 g/mol. The molecule has 2 N–H and O–H groups in total. The lowest BCUT2D eigenvalue weighted by molar-refractivity contribution is 0.0920. The Morgan fingerprint density at radius 1 is 0.935 bits per heavy atom. The van der Waals surface area contributed by atoms with E-state index in [9.17, 15) is 18.0 Å². The van der Waals surface area contributed by atoms with Crippen LogP contribution in [0.3, 0.4) is 0 Å². The number of para-hydroxylation sites is 1. The first-order valence-electron chi connectivity index (χ1n) is 10.3. The molecular weight excluding hydrogens is 414 g/mol. The maximum Gasteiger partial charge on any atom is 0.255 e. The van der Waals surface area contributed by atoms with E-state index in [1.165, 1.54) is 16.4 Å². The van der Waals surface area contributed by atoms with E-state index >= 15 is 0 Å². The third-order valence-electron chi connectivity index (χ3n) is 5.06. The van der Waals surface area contributed by atoms with Gasteiger partial charge in [0, 0.05) is 24.2 Å². The van der Waals surface area contributed by atoms with Crippen LogP contribution in [0.25, 0.3) is 0 Å². The Bertz CT molecular complexity index is 1100. The molecule has 31 heavy (non-hydrogen) atoms. The fraction of sp³-hybridized carbons (Fsp3) is 0.391. The summed E-state index contributed by atoms with van der Waals surface area (Å²) in [6, 6.07) is 11.3. The Morgan fingerprint density at radius 3 is 2.23 bits per heavy atom. The number of carbonyl (C=O) groups is 2. The largest absolute Gasteiger partial charge is 0.347 e. The molecule has 0 unspecified atom stereocenters. The van der Waals surface area contributed by atoms with Gasteiger partial charge in [-0.2, -0.15) is 4.31 Å². The van der Waals surface area contributed by atoms with Crippen LogP contribution in [0.5, 0.6) is 0 Å². The van der Waals surface area contributed by atoms with Gasteiger partial charge in [0.2, 0.25) is 10.0 Å². The van der Waals surface area contributed by atoms with Crippen LogP contribution in [-0.4, -0.2) is 43.2 Å². The van der Waals surface area contributed by atoms with E-state index in [2.05, 4.69) is 10.6 Å². The third kappa shape index (κ3) is 5.32. The number of nitrogens with one attached hydrogen (secondary N) is 2. The smallest absolute Gasteiger partial charge is 0.255 e. The van der Waals surface area contributed by atoms with Crippen LogP contribution in [0.1, 0.15) is 59.9 Å². The lowest BCUT2D eigenvalue weighted by Crippen LogP contribution is -2.40. The molecular formula is C23H29N3O4S. The van der Waals surface area contributed by atoms with Crippen LogP contribution in [0.4, 0.5) is 5.69 Å². The molecule has 2 aromatic carbocycles. The minimum absolute atomic E-state index is 0.101. The molecule has 0 aromatic heterocycles. The molecule has 0 aliphatic carbocycles. The Hall–Kier alpha value is -2.71. The molecule has 1 aliphatic rings. The first-order chi connectivity index (χ1) is 14.5.